The molecule has 1 aliphatic heterocycles. The topological polar surface area (TPSA) is 43.1 Å². The van der Waals surface area contributed by atoms with Crippen molar-refractivity contribution < 1.29 is 31.3 Å². The Morgan fingerprint density at radius 3 is 2.36 bits per heavy atom. The molecule has 0 saturated carbocycles. The van der Waals surface area contributed by atoms with Gasteiger partial charge in [0.2, 0.25) is 0 Å². The van der Waals surface area contributed by atoms with Crippen molar-refractivity contribution in [1.29, 1.82) is 0 Å². The van der Waals surface area contributed by atoms with Crippen LogP contribution in [0.2, 0.25) is 17.3 Å². The summed E-state index contributed by atoms with van der Waals surface area (Å²) >= 11 is -0.361. The monoisotopic (exact) mass is 1160 g/mol. The first-order valence-electron chi connectivity index (χ1n) is 25.5. The first-order chi connectivity index (χ1) is 34.7. The van der Waals surface area contributed by atoms with Crippen LogP contribution in [0.15, 0.2) is 152 Å². The van der Waals surface area contributed by atoms with E-state index in [1.54, 1.807) is 23.6 Å². The molecule has 1 unspecified atom stereocenters. The molecule has 0 spiro atoms. The average molecular weight is 1160 g/mol. The second kappa shape index (κ2) is 18.1. The van der Waals surface area contributed by atoms with Gasteiger partial charge in [-0.3, -0.25) is 0 Å². The van der Waals surface area contributed by atoms with Gasteiger partial charge in [0.05, 0.1) is 0 Å². The van der Waals surface area contributed by atoms with Gasteiger partial charge in [-0.15, -0.1) is 16.6 Å². The summed E-state index contributed by atoms with van der Waals surface area (Å²) in [6, 6.07) is 54.3. The van der Waals surface area contributed by atoms with Gasteiger partial charge < -0.3 is 10.2 Å². The number of nitrogens with zero attached hydrogens (tertiary/aromatic N) is 4. The van der Waals surface area contributed by atoms with E-state index in [4.69, 9.17) is 17.2 Å². The molecule has 1 aliphatic carbocycles. The summed E-state index contributed by atoms with van der Waals surface area (Å²) in [4.78, 5) is 12.5. The Kier molecular flexibility index (Phi) is 10.7. The fourth-order valence-corrected chi connectivity index (χ4v) is 13.7. The minimum Gasteiger partial charge on any atom is -0.661 e. The molecular weight excluding hydrogens is 1100 g/mol. The van der Waals surface area contributed by atoms with Crippen LogP contribution in [0.4, 0.5) is 21.5 Å². The van der Waals surface area contributed by atoms with Crippen molar-refractivity contribution in [1.82, 2.24) is 9.97 Å². The fraction of sp³-hybridized carbons (Fsp3) is 0.180. The second-order valence-corrected chi connectivity index (χ2v) is 31.0. The number of anilines is 2. The number of thiophene rings is 1. The molecule has 10 aromatic rings. The minimum atomic E-state index is -2.48. The number of rotatable bonds is 6. The molecule has 8 heteroatoms. The van der Waals surface area contributed by atoms with Gasteiger partial charge in [-0.2, -0.15) is 29.5 Å². The van der Waals surface area contributed by atoms with Crippen LogP contribution in [0.3, 0.4) is 0 Å². The third kappa shape index (κ3) is 8.11. The van der Waals surface area contributed by atoms with Crippen LogP contribution in [-0.2, 0) is 31.9 Å². The van der Waals surface area contributed by atoms with Crippen LogP contribution in [0.5, 0.6) is 0 Å². The number of hydrogen-bond acceptors (Lipinski definition) is 4. The van der Waals surface area contributed by atoms with Gasteiger partial charge in [-0.1, -0.05) is 110 Å². The molecule has 342 valence electrons. The van der Waals surface area contributed by atoms with E-state index in [1.807, 2.05) is 54.6 Å². The maximum atomic E-state index is 14.4. The molecule has 0 fully saturated rings. The van der Waals surface area contributed by atoms with E-state index in [1.165, 1.54) is 55.6 Å². The van der Waals surface area contributed by atoms with Gasteiger partial charge in [0, 0.05) is 31.6 Å². The van der Waals surface area contributed by atoms with Gasteiger partial charge >= 0.3 is 135 Å². The van der Waals surface area contributed by atoms with Crippen LogP contribution >= 0.6 is 11.3 Å². The number of pyridine rings is 2. The normalized spacial score (nSPS) is 15.9. The van der Waals surface area contributed by atoms with E-state index in [0.29, 0.717) is 17.0 Å². The molecule has 0 bridgehead atoms. The standard InChI is InChI=1S/C46H35N3S.C15H17FGeN.Ir/c1-27-25-37-33-17-10-11-20-38(33)46(3,4)40(37)28(2)42(27)49-39-24-21-30-15-8-9-16-32(30)41(39)48-44(49)36-19-12-18-34-35-23-22-31(47-45(35)50-43(34)36)26-29-13-6-5-7-14-29;1-11-6-5-7-13(15(11)16)14-9-8-12(10-18-14)17(2,3)4;/h5-18,20-25,44H,26H2,1-4H3;5-6,8-10H,1-4H3;/q-2;-1;+3/i26D2;1D3;. The summed E-state index contributed by atoms with van der Waals surface area (Å²) in [5.41, 5.74) is 13.2. The maximum Gasteiger partial charge on any atom is 3.00 e. The van der Waals surface area contributed by atoms with Crippen molar-refractivity contribution in [2.24, 2.45) is 0 Å². The Morgan fingerprint density at radius 1 is 0.812 bits per heavy atom. The van der Waals surface area contributed by atoms with Crippen LogP contribution in [0, 0.1) is 38.6 Å². The van der Waals surface area contributed by atoms with Crippen molar-refractivity contribution in [3.8, 4) is 22.4 Å². The van der Waals surface area contributed by atoms with Crippen molar-refractivity contribution in [2.45, 2.75) is 69.8 Å². The van der Waals surface area contributed by atoms with E-state index in [2.05, 4.69) is 140 Å². The van der Waals surface area contributed by atoms with Gasteiger partial charge in [0.25, 0.3) is 0 Å². The summed E-state index contributed by atoms with van der Waals surface area (Å²) in [5, 5.41) is 10.00. The van der Waals surface area contributed by atoms with E-state index in [-0.39, 0.29) is 42.8 Å². The second-order valence-electron chi connectivity index (χ2n) is 19.3. The van der Waals surface area contributed by atoms with E-state index in [0.717, 1.165) is 48.0 Å². The number of aromatic nitrogens is 2. The smallest absolute Gasteiger partial charge is 0.661 e. The third-order valence-electron chi connectivity index (χ3n) is 13.6. The maximum absolute atomic E-state index is 14.4. The Balaban J connectivity index is 0.000000241. The molecule has 3 aromatic heterocycles. The molecule has 7 aromatic carbocycles. The minimum absolute atomic E-state index is 0. The molecule has 0 amide bonds. The molecule has 1 atom stereocenters. The van der Waals surface area contributed by atoms with Crippen molar-refractivity contribution in [3.05, 3.63) is 220 Å². The quantitative estimate of drug-likeness (QED) is 0.123. The Bertz CT molecular complexity index is 3820. The number of hydrogen-bond donors (Lipinski definition) is 0. The van der Waals surface area contributed by atoms with Gasteiger partial charge in [-0.25, -0.2) is 4.98 Å². The van der Waals surface area contributed by atoms with Crippen LogP contribution in [0.25, 0.3) is 58.8 Å². The van der Waals surface area contributed by atoms with Gasteiger partial charge in [0.1, 0.15) is 4.83 Å². The van der Waals surface area contributed by atoms with Crippen LogP contribution < -0.4 is 9.30 Å². The summed E-state index contributed by atoms with van der Waals surface area (Å²) in [6.45, 7) is 6.76. The molecular formula is C61H52FGeIrN4S. The Labute approximate surface area is 432 Å². The Hall–Kier alpha value is -5.96. The van der Waals surface area contributed by atoms with E-state index < -0.39 is 32.3 Å². The Morgan fingerprint density at radius 2 is 1.58 bits per heavy atom. The summed E-state index contributed by atoms with van der Waals surface area (Å²) in [5.74, 6) is 5.98. The number of aryl methyl sites for hydroxylation is 2. The molecule has 4 heterocycles. The molecule has 0 N–H and O–H groups in total. The van der Waals surface area contributed by atoms with Crippen molar-refractivity contribution in [2.75, 3.05) is 4.90 Å². The number of fused-ring (bicyclic) bond motifs is 9. The zero-order valence-corrected chi connectivity index (χ0v) is 44.7. The third-order valence-corrected chi connectivity index (χ3v) is 19.0. The largest absolute Gasteiger partial charge is 3.00 e. The predicted octanol–water partition coefficient (Wildman–Crippen LogP) is 16.3. The number of halogens is 1. The molecule has 4 nitrogen and oxygen atoms in total. The van der Waals surface area contributed by atoms with E-state index >= 15 is 0 Å². The van der Waals surface area contributed by atoms with Crippen LogP contribution in [-0.4, -0.2) is 23.2 Å². The van der Waals surface area contributed by atoms with Crippen LogP contribution in [0.1, 0.15) is 71.5 Å². The van der Waals surface area contributed by atoms with Crippen molar-refractivity contribution >= 4 is 77.1 Å². The summed E-state index contributed by atoms with van der Waals surface area (Å²) in [7, 11) is 0. The predicted molar refractivity (Wildman–Crippen MR) is 287 cm³/mol. The first kappa shape index (κ1) is 40.9. The van der Waals surface area contributed by atoms with Gasteiger partial charge in [-0.05, 0) is 93.3 Å². The first-order valence-corrected chi connectivity index (χ1v) is 31.1. The molecule has 0 saturated heterocycles. The fourth-order valence-electron chi connectivity index (χ4n) is 10.3. The van der Waals surface area contributed by atoms with Gasteiger partial charge in [0.15, 0.2) is 0 Å². The zero-order chi connectivity index (χ0) is 51.4. The molecule has 0 radical (unpaired) electrons. The molecule has 69 heavy (non-hydrogen) atoms. The van der Waals surface area contributed by atoms with E-state index in [9.17, 15) is 4.39 Å². The van der Waals surface area contributed by atoms with Crippen molar-refractivity contribution in [3.63, 3.8) is 0 Å². The number of benzene rings is 7. The average Bonchev–Trinajstić information content (AvgIpc) is 4.03. The summed E-state index contributed by atoms with van der Waals surface area (Å²) in [6.07, 6.45) is -0.322. The molecule has 2 aliphatic rings. The SMILES string of the molecule is [2H]C([2H])([2H])c1cc[c-]c(-c2cc[c]([Ge]([CH3])([CH3])[CH3])cn2)c1F.[2H]C([2H])(c1ccccc1)c1ccc2c(n1)sc1c(C3[N-]c4c(ccc5ccccc45)N3c3c(C)cc4c(c3C)C(C)(C)c3ccccc3-4)[c-]ccc12.[Ir+3]. The summed E-state index contributed by atoms with van der Waals surface area (Å²) < 4.78 is 56.7. The molecule has 12 rings (SSSR count). The zero-order valence-electron chi connectivity index (χ0n) is 44.4.